The lowest BCUT2D eigenvalue weighted by Gasteiger charge is -1.94. The molecule has 72 valence electrons. The quantitative estimate of drug-likeness (QED) is 0.480. The first kappa shape index (κ1) is 10.3. The zero-order chi connectivity index (χ0) is 9.19. The molecule has 0 nitrogen and oxygen atoms in total. The van der Waals surface area contributed by atoms with Crippen molar-refractivity contribution in [3.63, 3.8) is 0 Å². The van der Waals surface area contributed by atoms with Crippen LogP contribution >= 0.6 is 0 Å². The van der Waals surface area contributed by atoms with E-state index in [1.807, 2.05) is 0 Å². The third-order valence-corrected chi connectivity index (χ3v) is 2.29. The van der Waals surface area contributed by atoms with Gasteiger partial charge in [-0.2, -0.15) is 0 Å². The molecule has 0 saturated heterocycles. The molecule has 0 aromatic heterocycles. The topological polar surface area (TPSA) is 0 Å². The van der Waals surface area contributed by atoms with Gasteiger partial charge >= 0.3 is 0 Å². The van der Waals surface area contributed by atoms with Gasteiger partial charge in [0.1, 0.15) is 0 Å². The summed E-state index contributed by atoms with van der Waals surface area (Å²) < 4.78 is 0. The highest BCUT2D eigenvalue weighted by atomic mass is 13.9. The summed E-state index contributed by atoms with van der Waals surface area (Å²) in [6, 6.07) is 0. The van der Waals surface area contributed by atoms with E-state index in [9.17, 15) is 0 Å². The number of allylic oxidation sites excluding steroid dienone is 6. The average molecular weight is 176 g/mol. The molecule has 0 aromatic rings. The maximum Gasteiger partial charge on any atom is -0.0169 e. The van der Waals surface area contributed by atoms with E-state index in [1.165, 1.54) is 32.1 Å². The summed E-state index contributed by atoms with van der Waals surface area (Å²) in [5, 5.41) is 0. The van der Waals surface area contributed by atoms with Crippen molar-refractivity contribution in [2.24, 2.45) is 0 Å². The maximum atomic E-state index is 2.32. The molecule has 0 bridgehead atoms. The first-order valence-electron chi connectivity index (χ1n) is 5.45. The maximum absolute atomic E-state index is 2.32. The van der Waals surface area contributed by atoms with Crippen LogP contribution in [0.25, 0.3) is 0 Å². The minimum absolute atomic E-state index is 1.10. The Bertz CT molecular complexity index is 164. The Morgan fingerprint density at radius 1 is 0.462 bits per heavy atom. The molecule has 1 aliphatic rings. The predicted molar refractivity (Wildman–Crippen MR) is 59.7 cm³/mol. The summed E-state index contributed by atoms with van der Waals surface area (Å²) in [4.78, 5) is 0. The Morgan fingerprint density at radius 2 is 0.923 bits per heavy atom. The van der Waals surface area contributed by atoms with Gasteiger partial charge in [0.15, 0.2) is 0 Å². The van der Waals surface area contributed by atoms with E-state index in [0.29, 0.717) is 0 Å². The molecule has 1 aliphatic carbocycles. The molecule has 0 N–H and O–H groups in total. The van der Waals surface area contributed by atoms with E-state index >= 15 is 0 Å². The molecular formula is C13H20. The molecular weight excluding hydrogens is 156 g/mol. The average Bonchev–Trinajstić information content (AvgIpc) is 2.18. The lowest BCUT2D eigenvalue weighted by molar-refractivity contribution is 0.695. The summed E-state index contributed by atoms with van der Waals surface area (Å²) in [5.74, 6) is 0. The monoisotopic (exact) mass is 176 g/mol. The second-order valence-corrected chi connectivity index (χ2v) is 3.52. The summed E-state index contributed by atoms with van der Waals surface area (Å²) >= 11 is 0. The third-order valence-electron chi connectivity index (χ3n) is 2.29. The van der Waals surface area contributed by atoms with Gasteiger partial charge in [0.25, 0.3) is 0 Å². The van der Waals surface area contributed by atoms with Crippen molar-refractivity contribution in [3.05, 3.63) is 36.5 Å². The van der Waals surface area contributed by atoms with Crippen molar-refractivity contribution in [2.75, 3.05) is 0 Å². The smallest absolute Gasteiger partial charge is 0.0169 e. The zero-order valence-corrected chi connectivity index (χ0v) is 8.41. The Kier molecular flexibility index (Phi) is 6.22. The van der Waals surface area contributed by atoms with Gasteiger partial charge in [-0.1, -0.05) is 42.9 Å². The molecule has 0 aliphatic heterocycles. The van der Waals surface area contributed by atoms with Crippen LogP contribution in [0, 0.1) is 0 Å². The van der Waals surface area contributed by atoms with E-state index in [2.05, 4.69) is 36.5 Å². The fourth-order valence-corrected chi connectivity index (χ4v) is 1.48. The van der Waals surface area contributed by atoms with Crippen LogP contribution in [0.4, 0.5) is 0 Å². The molecule has 0 aromatic carbocycles. The van der Waals surface area contributed by atoms with Crippen LogP contribution in [0.3, 0.4) is 0 Å². The molecule has 0 atom stereocenters. The SMILES string of the molecule is C1=CCCCCC/C=C\C/C=C/C1. The van der Waals surface area contributed by atoms with Crippen LogP contribution in [-0.2, 0) is 0 Å². The Morgan fingerprint density at radius 3 is 1.46 bits per heavy atom. The van der Waals surface area contributed by atoms with Gasteiger partial charge < -0.3 is 0 Å². The Balaban J connectivity index is 2.28. The molecule has 0 heteroatoms. The van der Waals surface area contributed by atoms with Gasteiger partial charge in [-0.25, -0.2) is 0 Å². The lowest BCUT2D eigenvalue weighted by atomic mass is 10.1. The van der Waals surface area contributed by atoms with E-state index in [-0.39, 0.29) is 0 Å². The minimum atomic E-state index is 1.10. The van der Waals surface area contributed by atoms with Gasteiger partial charge in [0, 0.05) is 0 Å². The van der Waals surface area contributed by atoms with Gasteiger partial charge in [0.05, 0.1) is 0 Å². The predicted octanol–water partition coefficient (Wildman–Crippen LogP) is 4.40. The van der Waals surface area contributed by atoms with Crippen molar-refractivity contribution >= 4 is 0 Å². The van der Waals surface area contributed by atoms with Gasteiger partial charge in [-0.3, -0.25) is 0 Å². The highest BCUT2D eigenvalue weighted by Crippen LogP contribution is 2.06. The Labute approximate surface area is 82.0 Å². The molecule has 0 fully saturated rings. The molecule has 0 saturated carbocycles. The number of hydrogen-bond donors (Lipinski definition) is 0. The molecule has 0 heterocycles. The normalized spacial score (nSPS) is 25.2. The van der Waals surface area contributed by atoms with Crippen molar-refractivity contribution in [1.82, 2.24) is 0 Å². The largest absolute Gasteiger partial charge is 0.0882 e. The molecule has 0 amide bonds. The van der Waals surface area contributed by atoms with Crippen LogP contribution in [0.5, 0.6) is 0 Å². The van der Waals surface area contributed by atoms with Gasteiger partial charge in [-0.05, 0) is 38.5 Å². The van der Waals surface area contributed by atoms with Gasteiger partial charge in [-0.15, -0.1) is 0 Å². The van der Waals surface area contributed by atoms with E-state index < -0.39 is 0 Å². The highest BCUT2D eigenvalue weighted by Gasteiger charge is 1.86. The van der Waals surface area contributed by atoms with Crippen LogP contribution in [0.15, 0.2) is 36.5 Å². The standard InChI is InChI=1S/C13H20/c1-2-4-6-8-10-12-13-11-9-7-5-3-1/h1-2,5-8H,3-4,9-13H2/b2-1+,7-5-,8-6?. The summed E-state index contributed by atoms with van der Waals surface area (Å²) in [7, 11) is 0. The van der Waals surface area contributed by atoms with Crippen molar-refractivity contribution in [2.45, 2.75) is 44.9 Å². The fraction of sp³-hybridized carbons (Fsp3) is 0.538. The van der Waals surface area contributed by atoms with Crippen LogP contribution < -0.4 is 0 Å². The zero-order valence-electron chi connectivity index (χ0n) is 8.41. The second kappa shape index (κ2) is 7.85. The van der Waals surface area contributed by atoms with E-state index in [4.69, 9.17) is 0 Å². The van der Waals surface area contributed by atoms with Gasteiger partial charge in [0.2, 0.25) is 0 Å². The lowest BCUT2D eigenvalue weighted by Crippen LogP contribution is -1.74. The number of hydrogen-bond acceptors (Lipinski definition) is 0. The van der Waals surface area contributed by atoms with Crippen LogP contribution in [-0.4, -0.2) is 0 Å². The Hall–Kier alpha value is -0.780. The van der Waals surface area contributed by atoms with Crippen LogP contribution in [0.2, 0.25) is 0 Å². The van der Waals surface area contributed by atoms with Crippen molar-refractivity contribution in [1.29, 1.82) is 0 Å². The fourth-order valence-electron chi connectivity index (χ4n) is 1.48. The van der Waals surface area contributed by atoms with Crippen molar-refractivity contribution in [3.8, 4) is 0 Å². The second-order valence-electron chi connectivity index (χ2n) is 3.52. The molecule has 0 unspecified atom stereocenters. The minimum Gasteiger partial charge on any atom is -0.0882 e. The van der Waals surface area contributed by atoms with E-state index in [1.54, 1.807) is 0 Å². The first-order valence-corrected chi connectivity index (χ1v) is 5.45. The summed E-state index contributed by atoms with van der Waals surface area (Å²) in [5.41, 5.74) is 0. The highest BCUT2D eigenvalue weighted by molar-refractivity contribution is 4.97. The molecule has 1 rings (SSSR count). The number of rotatable bonds is 0. The van der Waals surface area contributed by atoms with Crippen LogP contribution in [0.1, 0.15) is 44.9 Å². The summed E-state index contributed by atoms with van der Waals surface area (Å²) in [6.45, 7) is 0. The molecule has 0 spiro atoms. The first-order chi connectivity index (χ1) is 6.50. The third kappa shape index (κ3) is 6.39. The molecule has 0 radical (unpaired) electrons. The molecule has 13 heavy (non-hydrogen) atoms. The summed E-state index contributed by atoms with van der Waals surface area (Å²) in [6.07, 6.45) is 22.5. The van der Waals surface area contributed by atoms with E-state index in [0.717, 1.165) is 12.8 Å². The van der Waals surface area contributed by atoms with Crippen molar-refractivity contribution < 1.29 is 0 Å².